The standard InChI is InChI=1S/C40H27ClN10O13S2/c41-30-19-27(50(55)56)8-13-31(30)46-49-39-38(66(62,63)64)16-21-15-26(5-10-29(21)40(39)54)45-48-33-12-7-25(18-36(33)53)42-24-6-11-32(35(52)17-24)47-44-23-3-1-22(2-4-23)43-34-14-9-28(51(57)58)20-37(34)65(59,60)61/h1-20,42-43,52-54H,(H,59,60,61)(H,62,63,64). The molecule has 0 aliphatic rings. The number of fused-ring (bicyclic) bond motifs is 1. The van der Waals surface area contributed by atoms with E-state index >= 15 is 0 Å². The lowest BCUT2D eigenvalue weighted by Crippen LogP contribution is -2.04. The van der Waals surface area contributed by atoms with E-state index in [9.17, 15) is 61.5 Å². The van der Waals surface area contributed by atoms with Gasteiger partial charge in [-0.15, -0.1) is 20.5 Å². The van der Waals surface area contributed by atoms with Crippen LogP contribution in [0.4, 0.5) is 68.2 Å². The van der Waals surface area contributed by atoms with Gasteiger partial charge in [0.25, 0.3) is 31.6 Å². The molecule has 0 spiro atoms. The Morgan fingerprint density at radius 3 is 1.59 bits per heavy atom. The molecule has 0 bridgehead atoms. The maximum Gasteiger partial charge on any atom is 0.296 e. The summed E-state index contributed by atoms with van der Waals surface area (Å²) < 4.78 is 67.9. The van der Waals surface area contributed by atoms with Crippen LogP contribution in [0.15, 0.2) is 162 Å². The van der Waals surface area contributed by atoms with Gasteiger partial charge in [-0.05, 0) is 90.3 Å². The molecule has 7 N–H and O–H groups in total. The average molecular weight is 955 g/mol. The van der Waals surface area contributed by atoms with Crippen LogP contribution in [-0.4, -0.2) is 51.1 Å². The summed E-state index contributed by atoms with van der Waals surface area (Å²) in [5.74, 6) is -1.24. The third-order valence-corrected chi connectivity index (χ3v) is 11.2. The van der Waals surface area contributed by atoms with E-state index in [1.54, 1.807) is 12.1 Å². The molecule has 0 saturated heterocycles. The Kier molecular flexibility index (Phi) is 12.6. The Labute approximate surface area is 375 Å². The van der Waals surface area contributed by atoms with E-state index in [2.05, 4.69) is 41.3 Å². The molecule has 0 aromatic heterocycles. The minimum absolute atomic E-state index is 0.0272. The van der Waals surface area contributed by atoms with Gasteiger partial charge in [0.15, 0.2) is 5.75 Å². The predicted molar refractivity (Wildman–Crippen MR) is 238 cm³/mol. The molecule has 0 aliphatic heterocycles. The van der Waals surface area contributed by atoms with Gasteiger partial charge in [-0.3, -0.25) is 29.3 Å². The van der Waals surface area contributed by atoms with Crippen molar-refractivity contribution < 1.29 is 51.1 Å². The molecule has 0 heterocycles. The zero-order valence-electron chi connectivity index (χ0n) is 32.8. The third kappa shape index (κ3) is 10.5. The highest BCUT2D eigenvalue weighted by Gasteiger charge is 2.23. The summed E-state index contributed by atoms with van der Waals surface area (Å²) in [7, 11) is -9.80. The molecular weight excluding hydrogens is 928 g/mol. The molecule has 66 heavy (non-hydrogen) atoms. The van der Waals surface area contributed by atoms with Crippen LogP contribution in [0.5, 0.6) is 17.2 Å². The van der Waals surface area contributed by atoms with Gasteiger partial charge in [-0.1, -0.05) is 11.6 Å². The van der Waals surface area contributed by atoms with E-state index in [0.717, 1.165) is 42.5 Å². The molecule has 23 nitrogen and oxygen atoms in total. The van der Waals surface area contributed by atoms with Crippen LogP contribution in [0.2, 0.25) is 5.02 Å². The first kappa shape index (κ1) is 45.5. The van der Waals surface area contributed by atoms with E-state index < -0.39 is 57.0 Å². The lowest BCUT2D eigenvalue weighted by molar-refractivity contribution is -0.385. The van der Waals surface area contributed by atoms with Crippen molar-refractivity contribution in [3.8, 4) is 17.2 Å². The summed E-state index contributed by atoms with van der Waals surface area (Å²) >= 11 is 6.05. The highest BCUT2D eigenvalue weighted by atomic mass is 35.5. The highest BCUT2D eigenvalue weighted by Crippen LogP contribution is 2.44. The van der Waals surface area contributed by atoms with Gasteiger partial charge in [0.1, 0.15) is 44.0 Å². The summed E-state index contributed by atoms with van der Waals surface area (Å²) in [5.41, 5.74) is 0.0565. The highest BCUT2D eigenvalue weighted by molar-refractivity contribution is 7.86. The van der Waals surface area contributed by atoms with Crippen molar-refractivity contribution in [3.63, 3.8) is 0 Å². The minimum atomic E-state index is -5.00. The van der Waals surface area contributed by atoms with Crippen LogP contribution in [0.1, 0.15) is 0 Å². The second kappa shape index (κ2) is 18.3. The SMILES string of the molecule is O=[N+]([O-])c1ccc(N=Nc2c(S(=O)(=O)O)cc3cc(N=Nc4ccc(Nc5ccc(N=Nc6ccc(Nc7ccc([N+](=O)[O-])cc7S(=O)(=O)O)cc6)c(O)c5)cc4O)ccc3c2O)c(Cl)c1. The van der Waals surface area contributed by atoms with Crippen molar-refractivity contribution in [2.75, 3.05) is 10.6 Å². The molecule has 0 radical (unpaired) electrons. The molecule has 26 heteroatoms. The van der Waals surface area contributed by atoms with Gasteiger partial charge in [0.2, 0.25) is 0 Å². The third-order valence-electron chi connectivity index (χ3n) is 9.10. The number of nitro benzene ring substituents is 2. The van der Waals surface area contributed by atoms with Gasteiger partial charge in [-0.25, -0.2) is 0 Å². The van der Waals surface area contributed by atoms with E-state index in [1.807, 2.05) is 0 Å². The van der Waals surface area contributed by atoms with E-state index in [-0.39, 0.29) is 61.4 Å². The van der Waals surface area contributed by atoms with Crippen LogP contribution in [0.25, 0.3) is 10.8 Å². The van der Waals surface area contributed by atoms with Crippen molar-refractivity contribution in [2.24, 2.45) is 30.7 Å². The van der Waals surface area contributed by atoms with Crippen LogP contribution in [0, 0.1) is 20.2 Å². The number of nitrogens with zero attached hydrogens (tertiary/aromatic N) is 8. The number of halogens is 1. The fourth-order valence-electron chi connectivity index (χ4n) is 5.96. The maximum atomic E-state index is 12.3. The van der Waals surface area contributed by atoms with E-state index in [4.69, 9.17) is 11.6 Å². The van der Waals surface area contributed by atoms with Gasteiger partial charge >= 0.3 is 0 Å². The summed E-state index contributed by atoms with van der Waals surface area (Å²) in [6.45, 7) is 0. The number of non-ortho nitro benzene ring substituents is 2. The Bertz CT molecular complexity index is 3450. The minimum Gasteiger partial charge on any atom is -0.506 e. The number of nitrogens with one attached hydrogen (secondary N) is 2. The average Bonchev–Trinajstić information content (AvgIpc) is 3.25. The van der Waals surface area contributed by atoms with Crippen LogP contribution in [0.3, 0.4) is 0 Å². The second-order valence-corrected chi connectivity index (χ2v) is 16.7. The fraction of sp³-hybridized carbons (Fsp3) is 0. The normalized spacial score (nSPS) is 12.0. The number of phenolic OH excluding ortho intramolecular Hbond substituents is 3. The monoisotopic (exact) mass is 954 g/mol. The molecule has 0 amide bonds. The zero-order valence-corrected chi connectivity index (χ0v) is 35.2. The van der Waals surface area contributed by atoms with Crippen LogP contribution >= 0.6 is 11.6 Å². The Morgan fingerprint density at radius 1 is 0.515 bits per heavy atom. The van der Waals surface area contributed by atoms with Gasteiger partial charge in [0, 0.05) is 58.8 Å². The zero-order chi connectivity index (χ0) is 47.5. The van der Waals surface area contributed by atoms with Crippen molar-refractivity contribution in [3.05, 3.63) is 147 Å². The molecule has 0 saturated carbocycles. The molecule has 7 aromatic carbocycles. The summed E-state index contributed by atoms with van der Waals surface area (Å²) in [6, 6.07) is 26.1. The van der Waals surface area contributed by atoms with E-state index in [1.165, 1.54) is 66.7 Å². The second-order valence-electron chi connectivity index (χ2n) is 13.6. The number of aromatic hydroxyl groups is 3. The molecule has 0 fully saturated rings. The van der Waals surface area contributed by atoms with Gasteiger partial charge in [0.05, 0.1) is 31.9 Å². The summed E-state index contributed by atoms with van der Waals surface area (Å²) in [5, 5.41) is 84.1. The summed E-state index contributed by atoms with van der Waals surface area (Å²) in [6.07, 6.45) is 0. The maximum absolute atomic E-state index is 12.3. The number of rotatable bonds is 14. The Hall–Kier alpha value is -8.49. The molecule has 7 rings (SSSR count). The molecule has 0 aliphatic carbocycles. The smallest absolute Gasteiger partial charge is 0.296 e. The molecule has 334 valence electrons. The van der Waals surface area contributed by atoms with Gasteiger partial charge < -0.3 is 26.0 Å². The predicted octanol–water partition coefficient (Wildman–Crippen LogP) is 11.7. The lowest BCUT2D eigenvalue weighted by atomic mass is 10.1. The van der Waals surface area contributed by atoms with Crippen LogP contribution in [-0.2, 0) is 20.2 Å². The quantitative estimate of drug-likeness (QED) is 0.0230. The fourth-order valence-corrected chi connectivity index (χ4v) is 7.50. The first-order chi connectivity index (χ1) is 31.2. The number of hydrogen-bond acceptors (Lipinski definition) is 19. The number of nitro groups is 2. The van der Waals surface area contributed by atoms with Crippen molar-refractivity contribution in [2.45, 2.75) is 9.79 Å². The first-order valence-corrected chi connectivity index (χ1v) is 21.5. The molecule has 7 aromatic rings. The molecule has 0 unspecified atom stereocenters. The number of benzene rings is 7. The number of anilines is 4. The van der Waals surface area contributed by atoms with Crippen LogP contribution < -0.4 is 10.6 Å². The van der Waals surface area contributed by atoms with Crippen molar-refractivity contribution in [1.82, 2.24) is 0 Å². The topological polar surface area (TPSA) is 354 Å². The van der Waals surface area contributed by atoms with Crippen molar-refractivity contribution >= 4 is 111 Å². The lowest BCUT2D eigenvalue weighted by Gasteiger charge is -2.10. The number of hydrogen-bond donors (Lipinski definition) is 7. The molecule has 0 atom stereocenters. The number of azo groups is 3. The largest absolute Gasteiger partial charge is 0.506 e. The molecular formula is C40H27ClN10O13S2. The Morgan fingerprint density at radius 2 is 1.03 bits per heavy atom. The number of phenols is 3. The van der Waals surface area contributed by atoms with Crippen molar-refractivity contribution in [1.29, 1.82) is 0 Å². The van der Waals surface area contributed by atoms with E-state index in [0.29, 0.717) is 22.7 Å². The Balaban J connectivity index is 1.01. The summed E-state index contributed by atoms with van der Waals surface area (Å²) in [4.78, 5) is 19.1. The van der Waals surface area contributed by atoms with Gasteiger partial charge in [-0.2, -0.15) is 27.1 Å². The first-order valence-electron chi connectivity index (χ1n) is 18.3.